The van der Waals surface area contributed by atoms with Gasteiger partial charge in [-0.25, -0.2) is 0 Å². The van der Waals surface area contributed by atoms with Gasteiger partial charge in [-0.3, -0.25) is 9.69 Å². The SMILES string of the molecule is CCCN(CCC)CC(=O)Oc1ccccc1C. The molecule has 1 aromatic carbocycles. The number of hydrogen-bond donors (Lipinski definition) is 0. The standard InChI is InChI=1S/C15H23NO2/c1-4-10-16(11-5-2)12-15(17)18-14-9-7-6-8-13(14)3/h6-9H,4-5,10-12H2,1-3H3. The van der Waals surface area contributed by atoms with E-state index < -0.39 is 0 Å². The lowest BCUT2D eigenvalue weighted by atomic mass is 10.2. The van der Waals surface area contributed by atoms with Gasteiger partial charge in [0.2, 0.25) is 0 Å². The first-order chi connectivity index (χ1) is 8.67. The molecule has 0 amide bonds. The van der Waals surface area contributed by atoms with Crippen LogP contribution in [-0.2, 0) is 4.79 Å². The molecule has 0 saturated heterocycles. The predicted octanol–water partition coefficient (Wildman–Crippen LogP) is 3.02. The van der Waals surface area contributed by atoms with E-state index in [4.69, 9.17) is 4.74 Å². The highest BCUT2D eigenvalue weighted by molar-refractivity contribution is 5.74. The Hall–Kier alpha value is -1.35. The third-order valence-electron chi connectivity index (χ3n) is 2.75. The van der Waals surface area contributed by atoms with E-state index in [-0.39, 0.29) is 5.97 Å². The first-order valence-corrected chi connectivity index (χ1v) is 6.66. The molecular weight excluding hydrogens is 226 g/mol. The molecule has 0 saturated carbocycles. The summed E-state index contributed by atoms with van der Waals surface area (Å²) in [4.78, 5) is 14.0. The second-order valence-electron chi connectivity index (χ2n) is 4.52. The van der Waals surface area contributed by atoms with Crippen LogP contribution in [0.3, 0.4) is 0 Å². The minimum atomic E-state index is -0.175. The molecule has 18 heavy (non-hydrogen) atoms. The number of ether oxygens (including phenoxy) is 1. The molecule has 1 aromatic rings. The van der Waals surface area contributed by atoms with Crippen molar-refractivity contribution in [2.75, 3.05) is 19.6 Å². The molecule has 1 rings (SSSR count). The maximum atomic E-state index is 11.9. The number of benzene rings is 1. The smallest absolute Gasteiger partial charge is 0.325 e. The zero-order chi connectivity index (χ0) is 13.4. The Morgan fingerprint density at radius 1 is 1.17 bits per heavy atom. The maximum Gasteiger partial charge on any atom is 0.325 e. The number of carbonyl (C=O) groups excluding carboxylic acids is 1. The third-order valence-corrected chi connectivity index (χ3v) is 2.75. The van der Waals surface area contributed by atoms with Gasteiger partial charge in [-0.1, -0.05) is 32.0 Å². The molecule has 100 valence electrons. The highest BCUT2D eigenvalue weighted by Gasteiger charge is 2.11. The summed E-state index contributed by atoms with van der Waals surface area (Å²) in [6.07, 6.45) is 2.11. The highest BCUT2D eigenvalue weighted by Crippen LogP contribution is 2.16. The summed E-state index contributed by atoms with van der Waals surface area (Å²) < 4.78 is 5.39. The monoisotopic (exact) mass is 249 g/mol. The second kappa shape index (κ2) is 7.88. The fourth-order valence-electron chi connectivity index (χ4n) is 1.91. The normalized spacial score (nSPS) is 10.7. The lowest BCUT2D eigenvalue weighted by Gasteiger charge is -2.19. The molecule has 0 fully saturated rings. The van der Waals surface area contributed by atoms with Gasteiger partial charge >= 0.3 is 5.97 Å². The minimum absolute atomic E-state index is 0.175. The molecule has 0 bridgehead atoms. The van der Waals surface area contributed by atoms with Gasteiger partial charge in [0.1, 0.15) is 5.75 Å². The van der Waals surface area contributed by atoms with E-state index in [1.807, 2.05) is 31.2 Å². The predicted molar refractivity (Wildman–Crippen MR) is 73.8 cm³/mol. The molecule has 3 nitrogen and oxygen atoms in total. The van der Waals surface area contributed by atoms with E-state index in [1.165, 1.54) is 0 Å². The second-order valence-corrected chi connectivity index (χ2v) is 4.52. The summed E-state index contributed by atoms with van der Waals surface area (Å²) in [7, 11) is 0. The fourth-order valence-corrected chi connectivity index (χ4v) is 1.91. The van der Waals surface area contributed by atoms with Crippen LogP contribution < -0.4 is 4.74 Å². The maximum absolute atomic E-state index is 11.9. The summed E-state index contributed by atoms with van der Waals surface area (Å²) in [6, 6.07) is 7.59. The molecule has 0 aliphatic rings. The van der Waals surface area contributed by atoms with Crippen LogP contribution >= 0.6 is 0 Å². The van der Waals surface area contributed by atoms with Gasteiger partial charge < -0.3 is 4.74 Å². The third kappa shape index (κ3) is 4.88. The van der Waals surface area contributed by atoms with E-state index in [1.54, 1.807) is 0 Å². The summed E-state index contributed by atoms with van der Waals surface area (Å²) in [5.41, 5.74) is 0.989. The summed E-state index contributed by atoms with van der Waals surface area (Å²) in [6.45, 7) is 8.44. The van der Waals surface area contributed by atoms with Crippen molar-refractivity contribution < 1.29 is 9.53 Å². The number of nitrogens with zero attached hydrogens (tertiary/aromatic N) is 1. The number of aryl methyl sites for hydroxylation is 1. The topological polar surface area (TPSA) is 29.5 Å². The number of hydrogen-bond acceptors (Lipinski definition) is 3. The van der Waals surface area contributed by atoms with E-state index in [0.29, 0.717) is 12.3 Å². The molecule has 0 aliphatic carbocycles. The lowest BCUT2D eigenvalue weighted by molar-refractivity contribution is -0.135. The zero-order valence-corrected chi connectivity index (χ0v) is 11.6. The minimum Gasteiger partial charge on any atom is -0.425 e. The average Bonchev–Trinajstić information content (AvgIpc) is 2.33. The van der Waals surface area contributed by atoms with Crippen molar-refractivity contribution in [3.05, 3.63) is 29.8 Å². The fraction of sp³-hybridized carbons (Fsp3) is 0.533. The van der Waals surface area contributed by atoms with Crippen molar-refractivity contribution in [1.82, 2.24) is 4.90 Å². The summed E-state index contributed by atoms with van der Waals surface area (Å²) in [5.74, 6) is 0.488. The van der Waals surface area contributed by atoms with Crippen LogP contribution in [0, 0.1) is 6.92 Å². The van der Waals surface area contributed by atoms with E-state index in [9.17, 15) is 4.79 Å². The van der Waals surface area contributed by atoms with Crippen molar-refractivity contribution >= 4 is 5.97 Å². The molecular formula is C15H23NO2. The number of carbonyl (C=O) groups is 1. The Labute approximate surface area is 110 Å². The van der Waals surface area contributed by atoms with E-state index in [2.05, 4.69) is 18.7 Å². The molecule has 0 unspecified atom stereocenters. The highest BCUT2D eigenvalue weighted by atomic mass is 16.5. The van der Waals surface area contributed by atoms with Crippen LogP contribution in [-0.4, -0.2) is 30.5 Å². The van der Waals surface area contributed by atoms with Gasteiger partial charge in [-0.15, -0.1) is 0 Å². The van der Waals surface area contributed by atoms with E-state index >= 15 is 0 Å². The van der Waals surface area contributed by atoms with Crippen LogP contribution in [0.1, 0.15) is 32.3 Å². The Morgan fingerprint density at radius 2 is 1.78 bits per heavy atom. The van der Waals surface area contributed by atoms with Crippen LogP contribution in [0.15, 0.2) is 24.3 Å². The molecule has 0 heterocycles. The summed E-state index contributed by atoms with van der Waals surface area (Å²) in [5, 5.41) is 0. The van der Waals surface area contributed by atoms with Gasteiger partial charge in [0, 0.05) is 0 Å². The first-order valence-electron chi connectivity index (χ1n) is 6.66. The molecule has 0 radical (unpaired) electrons. The molecule has 3 heteroatoms. The number of rotatable bonds is 7. The van der Waals surface area contributed by atoms with E-state index in [0.717, 1.165) is 31.5 Å². The Morgan fingerprint density at radius 3 is 2.33 bits per heavy atom. The number of esters is 1. The molecule has 0 aliphatic heterocycles. The first kappa shape index (κ1) is 14.7. The van der Waals surface area contributed by atoms with Gasteiger partial charge in [0.15, 0.2) is 0 Å². The van der Waals surface area contributed by atoms with Crippen molar-refractivity contribution in [3.63, 3.8) is 0 Å². The molecule has 0 N–H and O–H groups in total. The largest absolute Gasteiger partial charge is 0.425 e. The van der Waals surface area contributed by atoms with Crippen LogP contribution in [0.5, 0.6) is 5.75 Å². The number of para-hydroxylation sites is 1. The molecule has 0 atom stereocenters. The van der Waals surface area contributed by atoms with Crippen molar-refractivity contribution in [2.24, 2.45) is 0 Å². The van der Waals surface area contributed by atoms with Gasteiger partial charge in [0.05, 0.1) is 6.54 Å². The lowest BCUT2D eigenvalue weighted by Crippen LogP contribution is -2.33. The van der Waals surface area contributed by atoms with Gasteiger partial charge in [0.25, 0.3) is 0 Å². The van der Waals surface area contributed by atoms with Gasteiger partial charge in [-0.2, -0.15) is 0 Å². The average molecular weight is 249 g/mol. The van der Waals surface area contributed by atoms with Crippen LogP contribution in [0.2, 0.25) is 0 Å². The van der Waals surface area contributed by atoms with Crippen molar-refractivity contribution in [2.45, 2.75) is 33.6 Å². The molecule has 0 spiro atoms. The van der Waals surface area contributed by atoms with Crippen molar-refractivity contribution in [1.29, 1.82) is 0 Å². The van der Waals surface area contributed by atoms with Gasteiger partial charge in [-0.05, 0) is 44.5 Å². The Balaban J connectivity index is 2.52. The molecule has 0 aromatic heterocycles. The Bertz CT molecular complexity index is 371. The summed E-state index contributed by atoms with van der Waals surface area (Å²) >= 11 is 0. The zero-order valence-electron chi connectivity index (χ0n) is 11.6. The van der Waals surface area contributed by atoms with Crippen molar-refractivity contribution in [3.8, 4) is 5.75 Å². The quantitative estimate of drug-likeness (QED) is 0.549. The van der Waals surface area contributed by atoms with Crippen LogP contribution in [0.25, 0.3) is 0 Å². The van der Waals surface area contributed by atoms with Crippen LogP contribution in [0.4, 0.5) is 0 Å². The Kier molecular flexibility index (Phi) is 6.44.